The Kier molecular flexibility index (Phi) is 13.3. The van der Waals surface area contributed by atoms with Crippen molar-refractivity contribution in [1.29, 1.82) is 0 Å². The van der Waals surface area contributed by atoms with Gasteiger partial charge in [0.15, 0.2) is 18.9 Å². The highest BCUT2D eigenvalue weighted by Gasteiger charge is 2.53. The Morgan fingerprint density at radius 2 is 0.950 bits per heavy atom. The van der Waals surface area contributed by atoms with E-state index in [2.05, 4.69) is 0 Å². The maximum atomic E-state index is 10.8. The molecule has 236 valence electrons. The minimum absolute atomic E-state index is 0.197. The van der Waals surface area contributed by atoms with Crippen molar-refractivity contribution in [1.82, 2.24) is 0 Å². The van der Waals surface area contributed by atoms with Gasteiger partial charge in [0, 0.05) is 6.61 Å². The van der Waals surface area contributed by atoms with E-state index in [9.17, 15) is 51.1 Å². The Morgan fingerprint density at radius 1 is 0.500 bits per heavy atom. The summed E-state index contributed by atoms with van der Waals surface area (Å²) in [6, 6.07) is 0. The number of hydrogen-bond donors (Lipinski definition) is 11. The molecule has 0 aromatic heterocycles. The van der Waals surface area contributed by atoms with Gasteiger partial charge in [0.05, 0.1) is 19.8 Å². The molecule has 0 aromatic rings. The van der Waals surface area contributed by atoms with E-state index in [1.807, 2.05) is 0 Å². The van der Waals surface area contributed by atoms with Crippen LogP contribution in [0.5, 0.6) is 0 Å². The predicted octanol–water partition coefficient (Wildman–Crippen LogP) is -6.42. The van der Waals surface area contributed by atoms with Crippen LogP contribution in [-0.4, -0.2) is 176 Å². The molecule has 0 radical (unpaired) electrons. The maximum absolute atomic E-state index is 10.8. The van der Waals surface area contributed by atoms with Crippen LogP contribution in [-0.2, 0) is 28.4 Å². The molecule has 17 nitrogen and oxygen atoms in total. The van der Waals surface area contributed by atoms with Gasteiger partial charge in [-0.15, -0.1) is 0 Å². The van der Waals surface area contributed by atoms with Crippen molar-refractivity contribution in [2.24, 2.45) is 5.73 Å². The van der Waals surface area contributed by atoms with E-state index < -0.39 is 112 Å². The van der Waals surface area contributed by atoms with E-state index in [1.54, 1.807) is 0 Å². The lowest BCUT2D eigenvalue weighted by Gasteiger charge is -2.48. The number of nitrogens with two attached hydrogens (primary N) is 1. The second kappa shape index (κ2) is 15.7. The zero-order chi connectivity index (χ0) is 29.6. The van der Waals surface area contributed by atoms with E-state index in [1.165, 1.54) is 0 Å². The van der Waals surface area contributed by atoms with E-state index >= 15 is 0 Å². The Hall–Kier alpha value is -0.680. The van der Waals surface area contributed by atoms with Crippen molar-refractivity contribution in [3.05, 3.63) is 0 Å². The summed E-state index contributed by atoms with van der Waals surface area (Å²) >= 11 is 0. The Labute approximate surface area is 230 Å². The molecule has 3 saturated heterocycles. The van der Waals surface area contributed by atoms with Gasteiger partial charge in [0.2, 0.25) is 0 Å². The van der Waals surface area contributed by atoms with Gasteiger partial charge in [-0.25, -0.2) is 0 Å². The van der Waals surface area contributed by atoms with Crippen molar-refractivity contribution in [3.63, 3.8) is 0 Å². The molecular weight excluding hydrogens is 546 g/mol. The normalized spacial score (nSPS) is 46.4. The van der Waals surface area contributed by atoms with Crippen molar-refractivity contribution < 1.29 is 79.5 Å². The molecule has 12 N–H and O–H groups in total. The zero-order valence-electron chi connectivity index (χ0n) is 21.8. The molecule has 0 spiro atoms. The van der Waals surface area contributed by atoms with Gasteiger partial charge in [-0.1, -0.05) is 0 Å². The van der Waals surface area contributed by atoms with Crippen LogP contribution in [0.1, 0.15) is 19.3 Å². The molecule has 15 atom stereocenters. The third-order valence-electron chi connectivity index (χ3n) is 7.20. The molecule has 0 aromatic carbocycles. The molecule has 3 heterocycles. The van der Waals surface area contributed by atoms with Crippen LogP contribution in [0.15, 0.2) is 0 Å². The monoisotopic (exact) mass is 589 g/mol. The van der Waals surface area contributed by atoms with Crippen molar-refractivity contribution in [2.45, 2.75) is 111 Å². The molecule has 40 heavy (non-hydrogen) atoms. The first-order valence-electron chi connectivity index (χ1n) is 13.3. The summed E-state index contributed by atoms with van der Waals surface area (Å²) in [5, 5.41) is 102. The lowest BCUT2D eigenvalue weighted by Crippen LogP contribution is -2.66. The lowest BCUT2D eigenvalue weighted by atomic mass is 9.96. The van der Waals surface area contributed by atoms with Gasteiger partial charge in [0.25, 0.3) is 0 Å². The molecule has 0 saturated carbocycles. The Balaban J connectivity index is 1.64. The van der Waals surface area contributed by atoms with Crippen LogP contribution in [0.4, 0.5) is 0 Å². The lowest BCUT2D eigenvalue weighted by molar-refractivity contribution is -0.379. The summed E-state index contributed by atoms with van der Waals surface area (Å²) in [6.07, 6.45) is -21.8. The predicted molar refractivity (Wildman–Crippen MR) is 128 cm³/mol. The number of aliphatic hydroxyl groups is 10. The van der Waals surface area contributed by atoms with E-state index in [0.717, 1.165) is 12.8 Å². The highest BCUT2D eigenvalue weighted by atomic mass is 16.8. The van der Waals surface area contributed by atoms with Crippen molar-refractivity contribution >= 4 is 0 Å². The fraction of sp³-hybridized carbons (Fsp3) is 1.00. The summed E-state index contributed by atoms with van der Waals surface area (Å²) in [5.41, 5.74) is 5.45. The van der Waals surface area contributed by atoms with Crippen LogP contribution in [0, 0.1) is 0 Å². The number of unbranched alkanes of at least 4 members (excludes halogenated alkanes) is 2. The molecule has 3 rings (SSSR count). The van der Waals surface area contributed by atoms with Crippen LogP contribution < -0.4 is 5.73 Å². The third kappa shape index (κ3) is 7.63. The number of hydrogen-bond acceptors (Lipinski definition) is 17. The second-order valence-corrected chi connectivity index (χ2v) is 10.0. The molecule has 9 unspecified atom stereocenters. The first-order chi connectivity index (χ1) is 19.1. The topological polar surface area (TPSA) is 284 Å². The Bertz CT molecular complexity index is 733. The minimum Gasteiger partial charge on any atom is -0.394 e. The molecule has 17 heteroatoms. The third-order valence-corrected chi connectivity index (χ3v) is 7.20. The first kappa shape index (κ1) is 33.8. The summed E-state index contributed by atoms with van der Waals surface area (Å²) in [5.74, 6) is 0. The van der Waals surface area contributed by atoms with Crippen molar-refractivity contribution in [3.8, 4) is 0 Å². The van der Waals surface area contributed by atoms with Crippen LogP contribution in [0.25, 0.3) is 0 Å². The standard InChI is InChI=1S/C23H43NO16/c24-4-2-1-3-5-35-21-17(33)14(30)19(10(7-26)37-21)40-23-18(34)15(31)20(11(8-27)38-23)39-22-16(32)13(29)12(28)9(6-25)36-22/h9-23,25-34H,1-8,24H2/t9?,10?,11?,12-,13?,14?,15?,16?,17?,18?,19+,20-,21+,22+,23-/m0/s1. The SMILES string of the molecule is NCCCCCO[C@@H]1OC(CO)[C@@H](O[C@@H]2OC(CO)[C@H](O[C@H]3OC(CO)[C@H](O)C(O)C3O)C(O)C2O)C(O)C1O. The van der Waals surface area contributed by atoms with E-state index in [-0.39, 0.29) is 6.61 Å². The Morgan fingerprint density at radius 3 is 1.45 bits per heavy atom. The average Bonchev–Trinajstić information content (AvgIpc) is 2.95. The van der Waals surface area contributed by atoms with Crippen LogP contribution in [0.2, 0.25) is 0 Å². The molecule has 0 amide bonds. The van der Waals surface area contributed by atoms with Crippen LogP contribution >= 0.6 is 0 Å². The maximum Gasteiger partial charge on any atom is 0.187 e. The van der Waals surface area contributed by atoms with Gasteiger partial charge in [-0.3, -0.25) is 0 Å². The van der Waals surface area contributed by atoms with Crippen LogP contribution in [0.3, 0.4) is 0 Å². The largest absolute Gasteiger partial charge is 0.394 e. The first-order valence-corrected chi connectivity index (χ1v) is 13.3. The van der Waals surface area contributed by atoms with Gasteiger partial charge in [0.1, 0.15) is 73.2 Å². The highest BCUT2D eigenvalue weighted by molar-refractivity contribution is 4.96. The zero-order valence-corrected chi connectivity index (χ0v) is 21.8. The summed E-state index contributed by atoms with van der Waals surface area (Å²) in [7, 11) is 0. The number of rotatable bonds is 13. The summed E-state index contributed by atoms with van der Waals surface area (Å²) < 4.78 is 32.9. The quantitative estimate of drug-likeness (QED) is 0.0890. The molecule has 0 bridgehead atoms. The summed E-state index contributed by atoms with van der Waals surface area (Å²) in [4.78, 5) is 0. The fourth-order valence-electron chi connectivity index (χ4n) is 4.80. The van der Waals surface area contributed by atoms with Gasteiger partial charge in [-0.2, -0.15) is 0 Å². The summed E-state index contributed by atoms with van der Waals surface area (Å²) in [6.45, 7) is -1.50. The van der Waals surface area contributed by atoms with Gasteiger partial charge < -0.3 is 85.2 Å². The highest BCUT2D eigenvalue weighted by Crippen LogP contribution is 2.32. The number of aliphatic hydroxyl groups excluding tert-OH is 10. The van der Waals surface area contributed by atoms with Gasteiger partial charge in [-0.05, 0) is 25.8 Å². The van der Waals surface area contributed by atoms with Crippen molar-refractivity contribution in [2.75, 3.05) is 33.0 Å². The molecule has 3 fully saturated rings. The molecule has 0 aliphatic carbocycles. The molecule has 3 aliphatic heterocycles. The average molecular weight is 590 g/mol. The fourth-order valence-corrected chi connectivity index (χ4v) is 4.80. The molecular formula is C23H43NO16. The van der Waals surface area contributed by atoms with E-state index in [0.29, 0.717) is 13.0 Å². The smallest absolute Gasteiger partial charge is 0.187 e. The number of ether oxygens (including phenoxy) is 6. The minimum atomic E-state index is -1.89. The van der Waals surface area contributed by atoms with Gasteiger partial charge >= 0.3 is 0 Å². The second-order valence-electron chi connectivity index (χ2n) is 10.0. The van der Waals surface area contributed by atoms with E-state index in [4.69, 9.17) is 34.2 Å². The molecule has 3 aliphatic rings.